The minimum Gasteiger partial charge on any atom is -0.465 e. The van der Waals surface area contributed by atoms with E-state index in [9.17, 15) is 4.79 Å². The minimum absolute atomic E-state index is 0. The number of hydrogen-bond acceptors (Lipinski definition) is 3. The number of carbonyl (C=O) groups is 1. The Kier molecular flexibility index (Phi) is 7.79. The molecular formula is C19H24ClNO2. The molecular weight excluding hydrogens is 310 g/mol. The van der Waals surface area contributed by atoms with Crippen molar-refractivity contribution in [2.24, 2.45) is 0 Å². The van der Waals surface area contributed by atoms with Crippen LogP contribution in [0.5, 0.6) is 0 Å². The van der Waals surface area contributed by atoms with Gasteiger partial charge in [-0.1, -0.05) is 42.5 Å². The number of carbonyl (C=O) groups excluding carboxylic acids is 1. The van der Waals surface area contributed by atoms with Crippen molar-refractivity contribution in [3.63, 3.8) is 0 Å². The predicted octanol–water partition coefficient (Wildman–Crippen LogP) is 4.18. The molecule has 0 radical (unpaired) electrons. The number of halogens is 1. The van der Waals surface area contributed by atoms with E-state index >= 15 is 0 Å². The fourth-order valence-electron chi connectivity index (χ4n) is 2.62. The molecule has 0 bridgehead atoms. The topological polar surface area (TPSA) is 38.3 Å². The highest BCUT2D eigenvalue weighted by Crippen LogP contribution is 2.14. The maximum Gasteiger partial charge on any atom is 0.337 e. The number of hydrogen-bond donors (Lipinski definition) is 1. The Morgan fingerprint density at radius 3 is 2.43 bits per heavy atom. The largest absolute Gasteiger partial charge is 0.465 e. The van der Waals surface area contributed by atoms with Gasteiger partial charge in [-0.2, -0.15) is 0 Å². The van der Waals surface area contributed by atoms with Crippen molar-refractivity contribution in [2.45, 2.75) is 32.4 Å². The molecule has 1 unspecified atom stereocenters. The second-order valence-corrected chi connectivity index (χ2v) is 5.60. The van der Waals surface area contributed by atoms with Gasteiger partial charge in [0.1, 0.15) is 0 Å². The van der Waals surface area contributed by atoms with E-state index < -0.39 is 0 Å². The van der Waals surface area contributed by atoms with Crippen LogP contribution in [0.25, 0.3) is 0 Å². The van der Waals surface area contributed by atoms with E-state index in [1.54, 1.807) is 6.07 Å². The summed E-state index contributed by atoms with van der Waals surface area (Å²) in [6.45, 7) is 4.32. The second kappa shape index (κ2) is 9.33. The van der Waals surface area contributed by atoms with Crippen molar-refractivity contribution in [1.82, 2.24) is 5.32 Å². The summed E-state index contributed by atoms with van der Waals surface area (Å²) in [6, 6.07) is 18.6. The van der Waals surface area contributed by atoms with Crippen LogP contribution in [0.4, 0.5) is 0 Å². The van der Waals surface area contributed by atoms with Crippen LogP contribution in [0.15, 0.2) is 54.6 Å². The van der Waals surface area contributed by atoms with Gasteiger partial charge in [-0.05, 0) is 43.5 Å². The van der Waals surface area contributed by atoms with Crippen molar-refractivity contribution in [3.8, 4) is 0 Å². The van der Waals surface area contributed by atoms with Gasteiger partial charge in [0.05, 0.1) is 12.7 Å². The summed E-state index contributed by atoms with van der Waals surface area (Å²) in [4.78, 5) is 11.6. The lowest BCUT2D eigenvalue weighted by molar-refractivity contribution is 0.0600. The summed E-state index contributed by atoms with van der Waals surface area (Å²) in [5.74, 6) is -0.292. The standard InChI is InChI=1S/C19H23NO2.ClH/c1-14(20-15(2)17-9-5-4-6-10-17)12-16-8-7-11-18(13-16)19(21)22-3;/h4-11,13-15,20H,12H2,1-3H3;1H/t14-,15?;/m1./s1. The summed E-state index contributed by atoms with van der Waals surface area (Å²) in [5.41, 5.74) is 3.00. The number of benzene rings is 2. The number of methoxy groups -OCH3 is 1. The number of rotatable bonds is 6. The lowest BCUT2D eigenvalue weighted by Crippen LogP contribution is -2.30. The van der Waals surface area contributed by atoms with Gasteiger partial charge >= 0.3 is 5.97 Å². The fourth-order valence-corrected chi connectivity index (χ4v) is 2.62. The first kappa shape index (κ1) is 19.2. The molecule has 0 aliphatic rings. The van der Waals surface area contributed by atoms with E-state index in [0.717, 1.165) is 12.0 Å². The Morgan fingerprint density at radius 2 is 1.78 bits per heavy atom. The molecule has 23 heavy (non-hydrogen) atoms. The van der Waals surface area contributed by atoms with E-state index in [1.165, 1.54) is 12.7 Å². The molecule has 3 nitrogen and oxygen atoms in total. The Labute approximate surface area is 144 Å². The molecule has 0 fully saturated rings. The van der Waals surface area contributed by atoms with Crippen LogP contribution in [0.2, 0.25) is 0 Å². The number of ether oxygens (including phenoxy) is 1. The van der Waals surface area contributed by atoms with E-state index in [-0.39, 0.29) is 18.4 Å². The highest BCUT2D eigenvalue weighted by molar-refractivity contribution is 5.89. The zero-order valence-electron chi connectivity index (χ0n) is 13.8. The van der Waals surface area contributed by atoms with Crippen LogP contribution in [-0.2, 0) is 11.2 Å². The van der Waals surface area contributed by atoms with Gasteiger partial charge in [0.2, 0.25) is 0 Å². The first-order valence-electron chi connectivity index (χ1n) is 7.58. The van der Waals surface area contributed by atoms with E-state index in [2.05, 4.69) is 43.4 Å². The van der Waals surface area contributed by atoms with E-state index in [4.69, 9.17) is 4.74 Å². The van der Waals surface area contributed by atoms with Crippen molar-refractivity contribution in [1.29, 1.82) is 0 Å². The molecule has 0 aliphatic carbocycles. The van der Waals surface area contributed by atoms with Crippen LogP contribution >= 0.6 is 12.4 Å². The highest BCUT2D eigenvalue weighted by Gasteiger charge is 2.11. The van der Waals surface area contributed by atoms with Crippen LogP contribution < -0.4 is 5.32 Å². The SMILES string of the molecule is COC(=O)c1cccc(C[C@@H](C)NC(C)c2ccccc2)c1.Cl. The van der Waals surface area contributed by atoms with Crippen LogP contribution in [0.3, 0.4) is 0 Å². The molecule has 0 amide bonds. The van der Waals surface area contributed by atoms with Crippen molar-refractivity contribution < 1.29 is 9.53 Å². The summed E-state index contributed by atoms with van der Waals surface area (Å²) in [5, 5.41) is 3.59. The van der Waals surface area contributed by atoms with Crippen molar-refractivity contribution in [3.05, 3.63) is 71.3 Å². The average Bonchev–Trinajstić information content (AvgIpc) is 2.55. The zero-order chi connectivity index (χ0) is 15.9. The molecule has 0 spiro atoms. The molecule has 124 valence electrons. The quantitative estimate of drug-likeness (QED) is 0.806. The molecule has 0 saturated heterocycles. The molecule has 0 saturated carbocycles. The molecule has 2 aromatic rings. The third-order valence-electron chi connectivity index (χ3n) is 3.72. The van der Waals surface area contributed by atoms with E-state index in [1.807, 2.05) is 24.3 Å². The van der Waals surface area contributed by atoms with E-state index in [0.29, 0.717) is 17.6 Å². The van der Waals surface area contributed by atoms with Gasteiger partial charge in [0, 0.05) is 12.1 Å². The molecule has 2 atom stereocenters. The third-order valence-corrected chi connectivity index (χ3v) is 3.72. The van der Waals surface area contributed by atoms with Crippen LogP contribution in [0.1, 0.15) is 41.4 Å². The molecule has 2 rings (SSSR count). The summed E-state index contributed by atoms with van der Waals surface area (Å²) in [6.07, 6.45) is 0.863. The van der Waals surface area contributed by atoms with Crippen LogP contribution in [0, 0.1) is 0 Å². The second-order valence-electron chi connectivity index (χ2n) is 5.60. The Hall–Kier alpha value is -1.84. The van der Waals surface area contributed by atoms with Gasteiger partial charge in [0.25, 0.3) is 0 Å². The normalized spacial score (nSPS) is 12.8. The van der Waals surface area contributed by atoms with Crippen molar-refractivity contribution in [2.75, 3.05) is 7.11 Å². The fraction of sp³-hybridized carbons (Fsp3) is 0.316. The predicted molar refractivity (Wildman–Crippen MR) is 96.2 cm³/mol. The summed E-state index contributed by atoms with van der Waals surface area (Å²) >= 11 is 0. The minimum atomic E-state index is -0.292. The summed E-state index contributed by atoms with van der Waals surface area (Å²) < 4.78 is 4.76. The Bertz CT molecular complexity index is 616. The third kappa shape index (κ3) is 5.70. The Balaban J connectivity index is 0.00000264. The van der Waals surface area contributed by atoms with Gasteiger partial charge in [-0.3, -0.25) is 0 Å². The molecule has 4 heteroatoms. The van der Waals surface area contributed by atoms with Gasteiger partial charge in [0.15, 0.2) is 0 Å². The molecule has 0 heterocycles. The zero-order valence-corrected chi connectivity index (χ0v) is 14.6. The lowest BCUT2D eigenvalue weighted by atomic mass is 10.0. The Morgan fingerprint density at radius 1 is 1.09 bits per heavy atom. The van der Waals surface area contributed by atoms with Crippen LogP contribution in [-0.4, -0.2) is 19.1 Å². The average molecular weight is 334 g/mol. The monoisotopic (exact) mass is 333 g/mol. The maximum atomic E-state index is 11.6. The lowest BCUT2D eigenvalue weighted by Gasteiger charge is -2.20. The smallest absolute Gasteiger partial charge is 0.337 e. The maximum absolute atomic E-state index is 11.6. The molecule has 2 aromatic carbocycles. The summed E-state index contributed by atoms with van der Waals surface area (Å²) in [7, 11) is 1.40. The first-order chi connectivity index (χ1) is 10.6. The molecule has 0 aliphatic heterocycles. The number of esters is 1. The molecule has 1 N–H and O–H groups in total. The first-order valence-corrected chi connectivity index (χ1v) is 7.58. The number of nitrogens with one attached hydrogen (secondary N) is 1. The molecule has 0 aromatic heterocycles. The van der Waals surface area contributed by atoms with Gasteiger partial charge in [-0.25, -0.2) is 4.79 Å². The van der Waals surface area contributed by atoms with Gasteiger partial charge in [-0.15, -0.1) is 12.4 Å². The van der Waals surface area contributed by atoms with Crippen molar-refractivity contribution >= 4 is 18.4 Å². The van der Waals surface area contributed by atoms with Gasteiger partial charge < -0.3 is 10.1 Å². The highest BCUT2D eigenvalue weighted by atomic mass is 35.5.